The molecule has 1 amide bonds. The second-order valence-corrected chi connectivity index (χ2v) is 12.8. The maximum absolute atomic E-state index is 13.7. The highest BCUT2D eigenvalue weighted by atomic mass is 16.5. The van der Waals surface area contributed by atoms with Gasteiger partial charge in [0.05, 0.1) is 17.1 Å². The lowest BCUT2D eigenvalue weighted by molar-refractivity contribution is -0.204. The summed E-state index contributed by atoms with van der Waals surface area (Å²) in [6.45, 7) is 4.74. The summed E-state index contributed by atoms with van der Waals surface area (Å²) in [6.07, 6.45) is 2.79. The summed E-state index contributed by atoms with van der Waals surface area (Å²) >= 11 is 0. The zero-order valence-electron chi connectivity index (χ0n) is 24.6. The van der Waals surface area contributed by atoms with E-state index in [4.69, 9.17) is 9.47 Å². The molecule has 6 rings (SSSR count). The van der Waals surface area contributed by atoms with Gasteiger partial charge in [0.1, 0.15) is 17.9 Å². The second kappa shape index (κ2) is 10.4. The van der Waals surface area contributed by atoms with Gasteiger partial charge in [0.25, 0.3) is 0 Å². The van der Waals surface area contributed by atoms with Crippen LogP contribution in [0.1, 0.15) is 49.8 Å². The highest BCUT2D eigenvalue weighted by Crippen LogP contribution is 2.66. The first-order valence-corrected chi connectivity index (χ1v) is 14.9. The molecule has 0 radical (unpaired) electrons. The van der Waals surface area contributed by atoms with Crippen LogP contribution in [0.2, 0.25) is 0 Å². The van der Waals surface area contributed by atoms with Crippen molar-refractivity contribution in [3.05, 3.63) is 53.1 Å². The number of hydrogen-bond donors (Lipinski definition) is 5. The number of likely N-dealkylation sites (N-methyl/N-ethyl adjacent to an activating group) is 1. The van der Waals surface area contributed by atoms with E-state index in [1.807, 2.05) is 19.9 Å². The number of piperidine rings is 1. The number of methoxy groups -OCH3 is 1. The molecule has 1 saturated carbocycles. The molecule has 2 heterocycles. The predicted octanol–water partition coefficient (Wildman–Crippen LogP) is 2.33. The highest BCUT2D eigenvalue weighted by Gasteiger charge is 2.73. The number of rotatable bonds is 9. The molecular weight excluding hydrogens is 538 g/mol. The van der Waals surface area contributed by atoms with Crippen LogP contribution < -0.4 is 15.4 Å². The summed E-state index contributed by atoms with van der Waals surface area (Å²) in [4.78, 5) is 28.2. The van der Waals surface area contributed by atoms with Gasteiger partial charge in [-0.15, -0.1) is 0 Å². The number of aliphatic carboxylic acids is 1. The molecule has 1 saturated heterocycles. The molecule has 10 heteroatoms. The Bertz CT molecular complexity index is 1380. The smallest absolute Gasteiger partial charge is 0.326 e. The fourth-order valence-corrected chi connectivity index (χ4v) is 8.44. The minimum absolute atomic E-state index is 0.0903. The molecule has 4 aliphatic rings. The first kappa shape index (κ1) is 28.8. The first-order chi connectivity index (χ1) is 20.0. The van der Waals surface area contributed by atoms with Crippen molar-refractivity contribution in [2.24, 2.45) is 5.92 Å². The fraction of sp³-hybridized carbons (Fsp3) is 0.562. The van der Waals surface area contributed by atoms with Gasteiger partial charge in [0, 0.05) is 31.2 Å². The average molecular weight is 580 g/mol. The van der Waals surface area contributed by atoms with Gasteiger partial charge in [0.15, 0.2) is 11.5 Å². The van der Waals surface area contributed by atoms with Gasteiger partial charge in [0.2, 0.25) is 5.91 Å². The Morgan fingerprint density at radius 3 is 2.55 bits per heavy atom. The van der Waals surface area contributed by atoms with Crippen LogP contribution in [0, 0.1) is 5.92 Å². The Kier molecular flexibility index (Phi) is 7.14. The Morgan fingerprint density at radius 1 is 1.14 bits per heavy atom. The van der Waals surface area contributed by atoms with Crippen molar-refractivity contribution in [2.75, 3.05) is 20.7 Å². The predicted molar refractivity (Wildman–Crippen MR) is 155 cm³/mol. The Hall–Kier alpha value is -3.34. The first-order valence-electron chi connectivity index (χ1n) is 14.9. The van der Waals surface area contributed by atoms with E-state index in [0.717, 1.165) is 31.4 Å². The summed E-state index contributed by atoms with van der Waals surface area (Å²) in [5, 5.41) is 36.8. The summed E-state index contributed by atoms with van der Waals surface area (Å²) in [6, 6.07) is 8.15. The average Bonchev–Trinajstić information content (AvgIpc) is 3.32. The highest BCUT2D eigenvalue weighted by molar-refractivity contribution is 5.87. The monoisotopic (exact) mass is 579 g/mol. The number of hydrogen-bond acceptors (Lipinski definition) is 8. The summed E-state index contributed by atoms with van der Waals surface area (Å²) in [7, 11) is 3.94. The number of carbonyl (C=O) groups is 2. The van der Waals surface area contributed by atoms with E-state index in [-0.39, 0.29) is 47.9 Å². The minimum Gasteiger partial charge on any atom is -0.508 e. The number of likely N-dealkylation sites (tertiary alicyclic amines) is 1. The van der Waals surface area contributed by atoms with E-state index in [9.17, 15) is 24.9 Å². The van der Waals surface area contributed by atoms with Crippen molar-refractivity contribution in [1.82, 2.24) is 15.5 Å². The number of nitrogens with zero attached hydrogens (tertiary/aromatic N) is 1. The lowest BCUT2D eigenvalue weighted by Crippen LogP contribution is -2.78. The van der Waals surface area contributed by atoms with Crippen molar-refractivity contribution in [1.29, 1.82) is 0 Å². The molecule has 2 aromatic carbocycles. The van der Waals surface area contributed by atoms with E-state index in [0.29, 0.717) is 17.7 Å². The third-order valence-electron chi connectivity index (χ3n) is 10.4. The van der Waals surface area contributed by atoms with Crippen LogP contribution >= 0.6 is 0 Å². The lowest BCUT2D eigenvalue weighted by Gasteiger charge is -2.65. The number of carboxylic acid groups (broad SMARTS) is 1. The molecule has 7 atom stereocenters. The fourth-order valence-electron chi connectivity index (χ4n) is 8.44. The minimum atomic E-state index is -1.13. The zero-order chi connectivity index (χ0) is 30.0. The van der Waals surface area contributed by atoms with Crippen LogP contribution in [-0.2, 0) is 32.6 Å². The number of aromatic hydroxyl groups is 2. The van der Waals surface area contributed by atoms with Gasteiger partial charge in [-0.25, -0.2) is 4.79 Å². The molecule has 2 bridgehead atoms. The molecule has 10 nitrogen and oxygen atoms in total. The van der Waals surface area contributed by atoms with Gasteiger partial charge in [-0.1, -0.05) is 32.0 Å². The summed E-state index contributed by atoms with van der Waals surface area (Å²) < 4.78 is 13.2. The third kappa shape index (κ3) is 4.18. The Morgan fingerprint density at radius 2 is 1.88 bits per heavy atom. The summed E-state index contributed by atoms with van der Waals surface area (Å²) in [5.74, 6) is -0.909. The number of benzene rings is 2. The van der Waals surface area contributed by atoms with Gasteiger partial charge in [-0.05, 0) is 74.5 Å². The van der Waals surface area contributed by atoms with Crippen LogP contribution in [0.3, 0.4) is 0 Å². The molecule has 226 valence electrons. The number of carboxylic acids is 1. The third-order valence-corrected chi connectivity index (χ3v) is 10.4. The van der Waals surface area contributed by atoms with Gasteiger partial charge in [-0.2, -0.15) is 0 Å². The van der Waals surface area contributed by atoms with E-state index in [1.165, 1.54) is 17.7 Å². The van der Waals surface area contributed by atoms with Crippen LogP contribution in [-0.4, -0.2) is 88.7 Å². The number of carbonyl (C=O) groups excluding carboxylic acids is 1. The number of ether oxygens (including phenoxy) is 2. The van der Waals surface area contributed by atoms with Crippen LogP contribution in [0.15, 0.2) is 36.4 Å². The van der Waals surface area contributed by atoms with Crippen molar-refractivity contribution < 1.29 is 34.4 Å². The van der Waals surface area contributed by atoms with E-state index >= 15 is 0 Å². The SMILES string of the molecule is CO[C@@]12CC[C@H](N[C@H](C(=O)N[C@@H](Cc3ccc(O)cc3)C(=O)O)C(C)C)[C@@H]3Oc4c(O)ccc5c4[C@@]31CCN(C)[C@@H]2C5. The van der Waals surface area contributed by atoms with E-state index < -0.39 is 29.1 Å². The molecule has 2 aromatic rings. The van der Waals surface area contributed by atoms with Crippen molar-refractivity contribution >= 4 is 11.9 Å². The molecule has 42 heavy (non-hydrogen) atoms. The van der Waals surface area contributed by atoms with Gasteiger partial charge in [-0.3, -0.25) is 10.1 Å². The standard InChI is InChI=1S/C32H41N3O7/c1-17(2)26(29(38)34-22(30(39)40)15-18-5-8-20(36)9-6-18)33-21-11-12-32(41-4)24-16-19-7-10-23(37)27-25(19)31(32,28(21)42-27)13-14-35(24)3/h5-10,17,21-22,24,26,28,33,36-37H,11-16H2,1-4H3,(H,34,38)(H,39,40)/t21-,22-,24+,26-,28-,31-,32+/m0/s1. The molecular formula is C32H41N3O7. The second-order valence-electron chi connectivity index (χ2n) is 12.8. The molecule has 0 unspecified atom stereocenters. The van der Waals surface area contributed by atoms with E-state index in [1.54, 1.807) is 25.3 Å². The number of nitrogens with one attached hydrogen (secondary N) is 2. The molecule has 2 aliphatic heterocycles. The van der Waals surface area contributed by atoms with Crippen LogP contribution in [0.5, 0.6) is 17.2 Å². The lowest BCUT2D eigenvalue weighted by atomic mass is 9.48. The Balaban J connectivity index is 1.29. The van der Waals surface area contributed by atoms with Crippen molar-refractivity contribution in [2.45, 2.75) is 87.2 Å². The van der Waals surface area contributed by atoms with Gasteiger partial charge >= 0.3 is 5.97 Å². The number of phenols is 2. The normalized spacial score (nSPS) is 30.7. The molecule has 5 N–H and O–H groups in total. The zero-order valence-corrected chi connectivity index (χ0v) is 24.6. The Labute approximate surface area is 246 Å². The topological polar surface area (TPSA) is 141 Å². The molecule has 0 aromatic heterocycles. The molecule has 2 aliphatic carbocycles. The largest absolute Gasteiger partial charge is 0.508 e. The number of amides is 1. The van der Waals surface area contributed by atoms with E-state index in [2.05, 4.69) is 22.6 Å². The molecule has 2 fully saturated rings. The summed E-state index contributed by atoms with van der Waals surface area (Å²) in [5.41, 5.74) is 1.93. The maximum atomic E-state index is 13.7. The molecule has 1 spiro atoms. The van der Waals surface area contributed by atoms with Crippen molar-refractivity contribution in [3.63, 3.8) is 0 Å². The van der Waals surface area contributed by atoms with Crippen LogP contribution in [0.4, 0.5) is 0 Å². The number of phenolic OH excluding ortho intramolecular Hbond substituents is 2. The quantitative estimate of drug-likeness (QED) is 0.303. The van der Waals surface area contributed by atoms with Crippen molar-refractivity contribution in [3.8, 4) is 17.2 Å². The van der Waals surface area contributed by atoms with Gasteiger partial charge < -0.3 is 35.0 Å². The maximum Gasteiger partial charge on any atom is 0.326 e. The van der Waals surface area contributed by atoms with Crippen LogP contribution in [0.25, 0.3) is 0 Å².